The Labute approximate surface area is 243 Å². The molecule has 5 rings (SSSR count). The second-order valence-corrected chi connectivity index (χ2v) is 10.9. The minimum atomic E-state index is -4.45. The van der Waals surface area contributed by atoms with Gasteiger partial charge in [-0.15, -0.1) is 0 Å². The largest absolute Gasteiger partial charge is 0.477 e. The lowest BCUT2D eigenvalue weighted by atomic mass is 10.1. The van der Waals surface area contributed by atoms with Gasteiger partial charge in [0.15, 0.2) is 5.69 Å². The number of carbonyl (C=O) groups is 2. The van der Waals surface area contributed by atoms with Gasteiger partial charge in [-0.05, 0) is 63.4 Å². The standard InChI is InChI=1S/C29H38F3N7O3/c1-3-20-18-37(28(41)39-14-6-8-24(39)29(30,31)32)15-16-38(20)23-10-9-22(21-7-5-12-34-27(21)42-4-2)36-25(23)26(40)35-19-11-13-33-17-19/h5,7,9-10,12,19-20,24,33H,3-4,6,8,11,13-18H2,1-2H3,(H,35,40)/t19-,20-,24+/m1/s1. The first kappa shape index (κ1) is 29.9. The molecule has 3 saturated heterocycles. The summed E-state index contributed by atoms with van der Waals surface area (Å²) >= 11 is 0. The van der Waals surface area contributed by atoms with Crippen LogP contribution in [-0.4, -0.2) is 102 Å². The number of anilines is 1. The number of urea groups is 1. The summed E-state index contributed by atoms with van der Waals surface area (Å²) in [6.07, 6.45) is -1.11. The van der Waals surface area contributed by atoms with Crippen molar-refractivity contribution in [2.45, 2.75) is 63.8 Å². The van der Waals surface area contributed by atoms with Gasteiger partial charge in [-0.3, -0.25) is 4.79 Å². The van der Waals surface area contributed by atoms with Gasteiger partial charge in [0.1, 0.15) is 6.04 Å². The van der Waals surface area contributed by atoms with E-state index in [1.54, 1.807) is 12.3 Å². The summed E-state index contributed by atoms with van der Waals surface area (Å²) < 4.78 is 46.4. The molecule has 3 atom stereocenters. The van der Waals surface area contributed by atoms with Crippen LogP contribution in [0.1, 0.15) is 50.0 Å². The zero-order valence-electron chi connectivity index (χ0n) is 24.0. The van der Waals surface area contributed by atoms with Crippen LogP contribution in [0.5, 0.6) is 5.88 Å². The number of hydrogen-bond donors (Lipinski definition) is 2. The molecule has 13 heteroatoms. The minimum Gasteiger partial charge on any atom is -0.477 e. The number of nitrogens with one attached hydrogen (secondary N) is 2. The maximum absolute atomic E-state index is 13.7. The van der Waals surface area contributed by atoms with E-state index in [4.69, 9.17) is 9.72 Å². The Kier molecular flexibility index (Phi) is 9.05. The van der Waals surface area contributed by atoms with E-state index in [9.17, 15) is 22.8 Å². The third-order valence-electron chi connectivity index (χ3n) is 8.22. The molecule has 2 N–H and O–H groups in total. The Morgan fingerprint density at radius 2 is 1.98 bits per heavy atom. The maximum Gasteiger partial charge on any atom is 0.408 e. The van der Waals surface area contributed by atoms with Crippen molar-refractivity contribution in [2.24, 2.45) is 0 Å². The molecule has 2 aromatic rings. The number of pyridine rings is 2. The molecule has 228 valence electrons. The number of likely N-dealkylation sites (tertiary alicyclic amines) is 1. The molecule has 3 aliphatic rings. The number of halogens is 3. The summed E-state index contributed by atoms with van der Waals surface area (Å²) in [5.41, 5.74) is 2.08. The van der Waals surface area contributed by atoms with Crippen LogP contribution >= 0.6 is 0 Å². The summed E-state index contributed by atoms with van der Waals surface area (Å²) in [5.74, 6) is 0.116. The first-order valence-corrected chi connectivity index (χ1v) is 14.7. The Bertz CT molecular complexity index is 1270. The quantitative estimate of drug-likeness (QED) is 0.508. The predicted molar refractivity (Wildman–Crippen MR) is 152 cm³/mol. The molecule has 0 aliphatic carbocycles. The molecule has 0 radical (unpaired) electrons. The molecule has 3 amide bonds. The fourth-order valence-corrected chi connectivity index (χ4v) is 6.08. The van der Waals surface area contributed by atoms with Crippen LogP contribution in [-0.2, 0) is 0 Å². The van der Waals surface area contributed by atoms with Crippen molar-refractivity contribution in [1.82, 2.24) is 30.4 Å². The van der Waals surface area contributed by atoms with E-state index >= 15 is 0 Å². The zero-order chi connectivity index (χ0) is 29.9. The summed E-state index contributed by atoms with van der Waals surface area (Å²) in [6.45, 7) is 6.70. The lowest BCUT2D eigenvalue weighted by Gasteiger charge is -2.44. The van der Waals surface area contributed by atoms with Crippen molar-refractivity contribution in [3.8, 4) is 17.1 Å². The monoisotopic (exact) mass is 589 g/mol. The number of rotatable bonds is 7. The first-order chi connectivity index (χ1) is 20.2. The molecule has 0 saturated carbocycles. The van der Waals surface area contributed by atoms with Crippen LogP contribution < -0.4 is 20.3 Å². The highest BCUT2D eigenvalue weighted by molar-refractivity contribution is 5.99. The SMILES string of the molecule is CCOc1ncccc1-c1ccc(N2CCN(C(=O)N3CCC[C@H]3C(F)(F)F)C[C@H]2CC)c(C(=O)N[C@@H]2CCNC2)n1. The summed E-state index contributed by atoms with van der Waals surface area (Å²) in [6, 6.07) is 4.75. The van der Waals surface area contributed by atoms with E-state index in [0.717, 1.165) is 17.9 Å². The van der Waals surface area contributed by atoms with Gasteiger partial charge in [0, 0.05) is 51.0 Å². The van der Waals surface area contributed by atoms with E-state index in [2.05, 4.69) is 20.5 Å². The highest BCUT2D eigenvalue weighted by Crippen LogP contribution is 2.35. The number of hydrogen-bond acceptors (Lipinski definition) is 7. The topological polar surface area (TPSA) is 103 Å². The Morgan fingerprint density at radius 1 is 1.14 bits per heavy atom. The van der Waals surface area contributed by atoms with Gasteiger partial charge in [0.05, 0.1) is 23.6 Å². The van der Waals surface area contributed by atoms with Crippen LogP contribution in [0.15, 0.2) is 30.5 Å². The Hall–Kier alpha value is -3.61. The normalized spacial score (nSPS) is 22.9. The fraction of sp³-hybridized carbons (Fsp3) is 0.586. The average Bonchev–Trinajstić information content (AvgIpc) is 3.69. The third-order valence-corrected chi connectivity index (χ3v) is 8.22. The van der Waals surface area contributed by atoms with Gasteiger partial charge in [0.2, 0.25) is 5.88 Å². The number of nitrogens with zero attached hydrogens (tertiary/aromatic N) is 5. The van der Waals surface area contributed by atoms with E-state index in [1.165, 1.54) is 4.90 Å². The number of piperazine rings is 1. The minimum absolute atomic E-state index is 0.0216. The van der Waals surface area contributed by atoms with Crippen LogP contribution in [0.3, 0.4) is 0 Å². The number of aromatic nitrogens is 2. The molecular formula is C29H38F3N7O3. The van der Waals surface area contributed by atoms with Crippen LogP contribution in [0, 0.1) is 0 Å². The van der Waals surface area contributed by atoms with Crippen molar-refractivity contribution in [3.05, 3.63) is 36.2 Å². The highest BCUT2D eigenvalue weighted by atomic mass is 19.4. The molecule has 2 aromatic heterocycles. The summed E-state index contributed by atoms with van der Waals surface area (Å²) in [5, 5.41) is 6.34. The van der Waals surface area contributed by atoms with Crippen LogP contribution in [0.2, 0.25) is 0 Å². The third kappa shape index (κ3) is 6.25. The molecule has 3 fully saturated rings. The predicted octanol–water partition coefficient (Wildman–Crippen LogP) is 3.68. The van der Waals surface area contributed by atoms with Gasteiger partial charge in [-0.2, -0.15) is 13.2 Å². The summed E-state index contributed by atoms with van der Waals surface area (Å²) in [4.78, 5) is 40.6. The lowest BCUT2D eigenvalue weighted by Crippen LogP contribution is -2.59. The number of amides is 3. The van der Waals surface area contributed by atoms with Gasteiger partial charge in [0.25, 0.3) is 5.91 Å². The Morgan fingerprint density at radius 3 is 2.69 bits per heavy atom. The number of ether oxygens (including phenoxy) is 1. The van der Waals surface area contributed by atoms with Crippen molar-refractivity contribution >= 4 is 17.6 Å². The second-order valence-electron chi connectivity index (χ2n) is 10.9. The van der Waals surface area contributed by atoms with Crippen molar-refractivity contribution in [3.63, 3.8) is 0 Å². The maximum atomic E-state index is 13.7. The molecule has 3 aliphatic heterocycles. The zero-order valence-corrected chi connectivity index (χ0v) is 24.0. The smallest absolute Gasteiger partial charge is 0.408 e. The average molecular weight is 590 g/mol. The van der Waals surface area contributed by atoms with Gasteiger partial charge in [-0.25, -0.2) is 14.8 Å². The molecule has 42 heavy (non-hydrogen) atoms. The van der Waals surface area contributed by atoms with E-state index in [0.29, 0.717) is 55.4 Å². The van der Waals surface area contributed by atoms with Crippen LogP contribution in [0.25, 0.3) is 11.3 Å². The van der Waals surface area contributed by atoms with Crippen molar-refractivity contribution in [1.29, 1.82) is 0 Å². The van der Waals surface area contributed by atoms with Gasteiger partial charge >= 0.3 is 12.2 Å². The van der Waals surface area contributed by atoms with E-state index in [-0.39, 0.29) is 49.7 Å². The van der Waals surface area contributed by atoms with E-state index in [1.807, 2.05) is 32.0 Å². The molecule has 0 aromatic carbocycles. The Balaban J connectivity index is 1.43. The van der Waals surface area contributed by atoms with E-state index < -0.39 is 18.2 Å². The lowest BCUT2D eigenvalue weighted by molar-refractivity contribution is -0.170. The molecule has 0 spiro atoms. The first-order valence-electron chi connectivity index (χ1n) is 14.7. The molecule has 0 bridgehead atoms. The second kappa shape index (κ2) is 12.7. The van der Waals surface area contributed by atoms with Crippen molar-refractivity contribution < 1.29 is 27.5 Å². The van der Waals surface area contributed by atoms with Gasteiger partial charge < -0.3 is 30.1 Å². The van der Waals surface area contributed by atoms with Crippen molar-refractivity contribution in [2.75, 3.05) is 50.8 Å². The number of carbonyl (C=O) groups excluding carboxylic acids is 2. The van der Waals surface area contributed by atoms with Gasteiger partial charge in [-0.1, -0.05) is 6.92 Å². The fourth-order valence-electron chi connectivity index (χ4n) is 6.08. The molecule has 10 nitrogen and oxygen atoms in total. The molecular weight excluding hydrogens is 551 g/mol. The number of alkyl halides is 3. The molecule has 5 heterocycles. The summed E-state index contributed by atoms with van der Waals surface area (Å²) in [7, 11) is 0. The highest BCUT2D eigenvalue weighted by Gasteiger charge is 2.49. The molecule has 0 unspecified atom stereocenters. The van der Waals surface area contributed by atoms with Crippen LogP contribution in [0.4, 0.5) is 23.7 Å².